The van der Waals surface area contributed by atoms with Gasteiger partial charge in [0.15, 0.2) is 6.10 Å². The van der Waals surface area contributed by atoms with E-state index in [9.17, 15) is 14.4 Å². The third-order valence-corrected chi connectivity index (χ3v) is 7.02. The topological polar surface area (TPSA) is 75.7 Å². The number of amides is 3. The maximum absolute atomic E-state index is 12.2. The SMILES string of the molecule is C[C@H](OC(=O)c1ccc(C2SCCCS2)cc1)C(=O)N1CCNC1=O. The van der Waals surface area contributed by atoms with E-state index in [1.807, 2.05) is 35.7 Å². The lowest BCUT2D eigenvalue weighted by atomic mass is 10.1. The van der Waals surface area contributed by atoms with E-state index in [0.717, 1.165) is 16.4 Å². The largest absolute Gasteiger partial charge is 0.449 e. The minimum atomic E-state index is -1.000. The number of carbonyl (C=O) groups is 3. The average molecular weight is 380 g/mol. The van der Waals surface area contributed by atoms with Crippen LogP contribution in [0, 0.1) is 0 Å². The van der Waals surface area contributed by atoms with Crippen molar-refractivity contribution in [1.29, 1.82) is 0 Å². The molecule has 134 valence electrons. The molecule has 2 aliphatic heterocycles. The number of nitrogens with one attached hydrogen (secondary N) is 1. The van der Waals surface area contributed by atoms with Crippen molar-refractivity contribution in [2.75, 3.05) is 24.6 Å². The molecule has 0 radical (unpaired) electrons. The number of hydrogen-bond donors (Lipinski definition) is 1. The Hall–Kier alpha value is -1.67. The summed E-state index contributed by atoms with van der Waals surface area (Å²) in [4.78, 5) is 37.0. The first-order valence-corrected chi connectivity index (χ1v) is 10.3. The predicted octanol–water partition coefficient (Wildman–Crippen LogP) is 2.65. The third-order valence-electron chi connectivity index (χ3n) is 4.00. The summed E-state index contributed by atoms with van der Waals surface area (Å²) in [5.74, 6) is 1.25. The minimum absolute atomic E-state index is 0.297. The molecule has 0 bridgehead atoms. The maximum Gasteiger partial charge on any atom is 0.338 e. The monoisotopic (exact) mass is 380 g/mol. The van der Waals surface area contributed by atoms with Crippen LogP contribution in [-0.4, -0.2) is 53.5 Å². The summed E-state index contributed by atoms with van der Waals surface area (Å²) in [5.41, 5.74) is 1.59. The fourth-order valence-corrected chi connectivity index (χ4v) is 5.53. The van der Waals surface area contributed by atoms with E-state index < -0.39 is 24.0 Å². The van der Waals surface area contributed by atoms with Gasteiger partial charge in [-0.2, -0.15) is 0 Å². The normalized spacial score (nSPS) is 19.4. The Balaban J connectivity index is 1.58. The van der Waals surface area contributed by atoms with Gasteiger partial charge >= 0.3 is 12.0 Å². The highest BCUT2D eigenvalue weighted by Crippen LogP contribution is 2.43. The lowest BCUT2D eigenvalue weighted by molar-refractivity contribution is -0.136. The molecule has 0 aliphatic carbocycles. The number of thioether (sulfide) groups is 2. The fourth-order valence-electron chi connectivity index (χ4n) is 2.64. The van der Waals surface area contributed by atoms with Crippen molar-refractivity contribution in [3.63, 3.8) is 0 Å². The van der Waals surface area contributed by atoms with Gasteiger partial charge < -0.3 is 10.1 Å². The summed E-state index contributed by atoms with van der Waals surface area (Å²) in [5, 5.41) is 2.55. The van der Waals surface area contributed by atoms with E-state index in [-0.39, 0.29) is 0 Å². The Morgan fingerprint density at radius 1 is 1.24 bits per heavy atom. The average Bonchev–Trinajstić information content (AvgIpc) is 3.07. The number of nitrogens with zero attached hydrogens (tertiary/aromatic N) is 1. The van der Waals surface area contributed by atoms with E-state index in [1.165, 1.54) is 18.9 Å². The first kappa shape index (κ1) is 18.1. The van der Waals surface area contributed by atoms with Gasteiger partial charge in [-0.3, -0.25) is 9.69 Å². The zero-order chi connectivity index (χ0) is 17.8. The summed E-state index contributed by atoms with van der Waals surface area (Å²) in [7, 11) is 0. The van der Waals surface area contributed by atoms with Crippen LogP contribution < -0.4 is 5.32 Å². The molecule has 1 aromatic carbocycles. The van der Waals surface area contributed by atoms with Crippen molar-refractivity contribution >= 4 is 41.4 Å². The quantitative estimate of drug-likeness (QED) is 0.810. The van der Waals surface area contributed by atoms with E-state index >= 15 is 0 Å². The van der Waals surface area contributed by atoms with Gasteiger partial charge in [0, 0.05) is 13.1 Å². The fraction of sp³-hybridized carbons (Fsp3) is 0.471. The lowest BCUT2D eigenvalue weighted by Gasteiger charge is -2.21. The Kier molecular flexibility index (Phi) is 5.90. The zero-order valence-electron chi connectivity index (χ0n) is 13.9. The van der Waals surface area contributed by atoms with Crippen LogP contribution in [0.2, 0.25) is 0 Å². The molecule has 0 spiro atoms. The highest BCUT2D eigenvalue weighted by molar-refractivity contribution is 8.16. The molecule has 0 saturated carbocycles. The van der Waals surface area contributed by atoms with Gasteiger partial charge in [-0.05, 0) is 42.5 Å². The van der Waals surface area contributed by atoms with Gasteiger partial charge in [-0.1, -0.05) is 12.1 Å². The van der Waals surface area contributed by atoms with Crippen molar-refractivity contribution < 1.29 is 19.1 Å². The molecule has 6 nitrogen and oxygen atoms in total. The van der Waals surface area contributed by atoms with Crippen LogP contribution in [0.15, 0.2) is 24.3 Å². The summed E-state index contributed by atoms with van der Waals surface area (Å²) in [6.07, 6.45) is 0.234. The van der Waals surface area contributed by atoms with Crippen molar-refractivity contribution in [2.24, 2.45) is 0 Å². The molecule has 25 heavy (non-hydrogen) atoms. The van der Waals surface area contributed by atoms with Crippen LogP contribution in [0.25, 0.3) is 0 Å². The highest BCUT2D eigenvalue weighted by atomic mass is 32.2. The standard InChI is InChI=1S/C17H20N2O4S2/c1-11(14(20)19-8-7-18-17(19)22)23-15(21)12-3-5-13(6-4-12)16-24-9-2-10-25-16/h3-6,11,16H,2,7-10H2,1H3,(H,18,22)/t11-/m0/s1. The molecule has 1 atom stereocenters. The van der Waals surface area contributed by atoms with E-state index in [0.29, 0.717) is 23.2 Å². The number of rotatable bonds is 4. The minimum Gasteiger partial charge on any atom is -0.449 e. The smallest absolute Gasteiger partial charge is 0.338 e. The van der Waals surface area contributed by atoms with Gasteiger partial charge in [-0.15, -0.1) is 23.5 Å². The zero-order valence-corrected chi connectivity index (χ0v) is 15.5. The Labute approximate surface area is 155 Å². The Morgan fingerprint density at radius 2 is 1.92 bits per heavy atom. The van der Waals surface area contributed by atoms with Crippen LogP contribution in [-0.2, 0) is 9.53 Å². The van der Waals surface area contributed by atoms with Gasteiger partial charge in [0.1, 0.15) is 0 Å². The van der Waals surface area contributed by atoms with E-state index in [1.54, 1.807) is 12.1 Å². The lowest BCUT2D eigenvalue weighted by Crippen LogP contribution is -2.41. The van der Waals surface area contributed by atoms with Crippen LogP contribution in [0.4, 0.5) is 4.79 Å². The molecule has 3 amide bonds. The molecule has 3 rings (SSSR count). The third kappa shape index (κ3) is 4.30. The second-order valence-corrected chi connectivity index (χ2v) is 8.54. The Morgan fingerprint density at radius 3 is 2.52 bits per heavy atom. The maximum atomic E-state index is 12.2. The molecule has 8 heteroatoms. The van der Waals surface area contributed by atoms with Gasteiger partial charge in [0.2, 0.25) is 0 Å². The van der Waals surface area contributed by atoms with Crippen molar-refractivity contribution in [3.05, 3.63) is 35.4 Å². The van der Waals surface area contributed by atoms with Crippen molar-refractivity contribution in [2.45, 2.75) is 24.0 Å². The number of imide groups is 1. The number of carbonyl (C=O) groups excluding carboxylic acids is 3. The predicted molar refractivity (Wildman–Crippen MR) is 98.7 cm³/mol. The van der Waals surface area contributed by atoms with Crippen LogP contribution in [0.5, 0.6) is 0 Å². The molecule has 1 aromatic rings. The molecule has 2 heterocycles. The molecule has 1 N–H and O–H groups in total. The number of hydrogen-bond acceptors (Lipinski definition) is 6. The first-order valence-electron chi connectivity index (χ1n) is 8.19. The summed E-state index contributed by atoms with van der Waals surface area (Å²) in [6, 6.07) is 6.89. The molecule has 0 unspecified atom stereocenters. The molecular weight excluding hydrogens is 360 g/mol. The van der Waals surface area contributed by atoms with Crippen LogP contribution in [0.3, 0.4) is 0 Å². The second kappa shape index (κ2) is 8.14. The molecular formula is C17H20N2O4S2. The van der Waals surface area contributed by atoms with Gasteiger partial charge in [0.25, 0.3) is 5.91 Å². The van der Waals surface area contributed by atoms with Crippen molar-refractivity contribution in [1.82, 2.24) is 10.2 Å². The second-order valence-electron chi connectivity index (χ2n) is 5.82. The molecule has 2 saturated heterocycles. The summed E-state index contributed by atoms with van der Waals surface area (Å²) >= 11 is 3.84. The molecule has 0 aromatic heterocycles. The van der Waals surface area contributed by atoms with Crippen LogP contribution in [0.1, 0.15) is 33.8 Å². The Bertz CT molecular complexity index is 659. The highest BCUT2D eigenvalue weighted by Gasteiger charge is 2.31. The van der Waals surface area contributed by atoms with E-state index in [2.05, 4.69) is 5.32 Å². The van der Waals surface area contributed by atoms with E-state index in [4.69, 9.17) is 4.74 Å². The number of urea groups is 1. The number of ether oxygens (including phenoxy) is 1. The first-order chi connectivity index (χ1) is 12.1. The molecule has 2 aliphatic rings. The van der Waals surface area contributed by atoms with Gasteiger partial charge in [0.05, 0.1) is 10.1 Å². The van der Waals surface area contributed by atoms with Crippen LogP contribution >= 0.6 is 23.5 Å². The molecule has 2 fully saturated rings. The summed E-state index contributed by atoms with van der Waals surface area (Å²) in [6.45, 7) is 2.20. The number of benzene rings is 1. The summed E-state index contributed by atoms with van der Waals surface area (Å²) < 4.78 is 5.63. The van der Waals surface area contributed by atoms with Crippen molar-refractivity contribution in [3.8, 4) is 0 Å². The van der Waals surface area contributed by atoms with Gasteiger partial charge in [-0.25, -0.2) is 9.59 Å². The number of esters is 1.